The lowest BCUT2D eigenvalue weighted by atomic mass is 10.1. The minimum Gasteiger partial charge on any atom is -0.489 e. The topological polar surface area (TPSA) is 75.6 Å². The van der Waals surface area contributed by atoms with Gasteiger partial charge in [-0.05, 0) is 54.4 Å². The molecule has 1 aromatic heterocycles. The van der Waals surface area contributed by atoms with Crippen molar-refractivity contribution >= 4 is 28.9 Å². The number of anilines is 1. The Bertz CT molecular complexity index is 665. The summed E-state index contributed by atoms with van der Waals surface area (Å²) in [6.45, 7) is 3.73. The molecular weight excluding hydrogens is 302 g/mol. The van der Waals surface area contributed by atoms with Gasteiger partial charge in [0.1, 0.15) is 5.75 Å². The van der Waals surface area contributed by atoms with Gasteiger partial charge in [0.05, 0.1) is 23.8 Å². The molecule has 2 N–H and O–H groups in total. The van der Waals surface area contributed by atoms with Crippen molar-refractivity contribution in [1.82, 2.24) is 0 Å². The van der Waals surface area contributed by atoms with E-state index in [-0.39, 0.29) is 24.0 Å². The van der Waals surface area contributed by atoms with Gasteiger partial charge < -0.3 is 15.2 Å². The molecular formula is C16H17NO4S. The molecule has 6 heteroatoms. The summed E-state index contributed by atoms with van der Waals surface area (Å²) in [4.78, 5) is 23.2. The monoisotopic (exact) mass is 319 g/mol. The highest BCUT2D eigenvalue weighted by Crippen LogP contribution is 2.27. The van der Waals surface area contributed by atoms with Crippen molar-refractivity contribution in [2.75, 3.05) is 5.32 Å². The maximum absolute atomic E-state index is 12.1. The average molecular weight is 319 g/mol. The Morgan fingerprint density at radius 1 is 1.32 bits per heavy atom. The molecule has 0 aliphatic rings. The zero-order valence-corrected chi connectivity index (χ0v) is 13.1. The average Bonchev–Trinajstić information content (AvgIpc) is 2.92. The molecule has 2 aromatic rings. The van der Waals surface area contributed by atoms with Crippen LogP contribution in [0.1, 0.15) is 29.8 Å². The zero-order chi connectivity index (χ0) is 16.1. The van der Waals surface area contributed by atoms with Crippen LogP contribution >= 0.6 is 11.3 Å². The van der Waals surface area contributed by atoms with Crippen molar-refractivity contribution in [2.24, 2.45) is 0 Å². The number of ether oxygens (including phenoxy) is 1. The van der Waals surface area contributed by atoms with Gasteiger partial charge in [0.2, 0.25) is 5.91 Å². The van der Waals surface area contributed by atoms with Crippen molar-refractivity contribution in [3.8, 4) is 5.75 Å². The van der Waals surface area contributed by atoms with Crippen LogP contribution in [0.4, 0.5) is 5.69 Å². The standard InChI is InChI=1S/C16H17NO4S/c1-10(2)21-14-4-3-12(16(19)20)8-13(14)17-15(18)7-11-5-6-22-9-11/h3-6,8-10H,7H2,1-2H3,(H,17,18)(H,19,20). The molecule has 0 radical (unpaired) electrons. The van der Waals surface area contributed by atoms with E-state index in [2.05, 4.69) is 5.32 Å². The van der Waals surface area contributed by atoms with Gasteiger partial charge in [0.15, 0.2) is 0 Å². The van der Waals surface area contributed by atoms with E-state index in [0.29, 0.717) is 11.4 Å². The second kappa shape index (κ2) is 7.09. The number of rotatable bonds is 6. The molecule has 0 unspecified atom stereocenters. The lowest BCUT2D eigenvalue weighted by molar-refractivity contribution is -0.115. The quantitative estimate of drug-likeness (QED) is 0.855. The lowest BCUT2D eigenvalue weighted by Gasteiger charge is -2.15. The fourth-order valence-electron chi connectivity index (χ4n) is 1.89. The van der Waals surface area contributed by atoms with Crippen LogP contribution in [0, 0.1) is 0 Å². The molecule has 1 amide bonds. The maximum Gasteiger partial charge on any atom is 0.335 e. The van der Waals surface area contributed by atoms with Gasteiger partial charge in [-0.25, -0.2) is 4.79 Å². The van der Waals surface area contributed by atoms with E-state index in [1.165, 1.54) is 23.5 Å². The van der Waals surface area contributed by atoms with Crippen LogP contribution in [0.3, 0.4) is 0 Å². The smallest absolute Gasteiger partial charge is 0.335 e. The third-order valence-electron chi connectivity index (χ3n) is 2.81. The molecule has 0 spiro atoms. The van der Waals surface area contributed by atoms with Crippen LogP contribution in [-0.2, 0) is 11.2 Å². The van der Waals surface area contributed by atoms with Crippen molar-refractivity contribution in [3.63, 3.8) is 0 Å². The Morgan fingerprint density at radius 2 is 2.09 bits per heavy atom. The van der Waals surface area contributed by atoms with E-state index in [1.54, 1.807) is 6.07 Å². The number of hydrogen-bond acceptors (Lipinski definition) is 4. The fraction of sp³-hybridized carbons (Fsp3) is 0.250. The number of nitrogens with one attached hydrogen (secondary N) is 1. The summed E-state index contributed by atoms with van der Waals surface area (Å²) in [6, 6.07) is 6.30. The first-order valence-corrected chi connectivity index (χ1v) is 7.75. The van der Waals surface area contributed by atoms with Gasteiger partial charge in [-0.1, -0.05) is 0 Å². The molecule has 5 nitrogen and oxygen atoms in total. The summed E-state index contributed by atoms with van der Waals surface area (Å²) in [5, 5.41) is 15.6. The summed E-state index contributed by atoms with van der Waals surface area (Å²) in [5.74, 6) is -0.808. The summed E-state index contributed by atoms with van der Waals surface area (Å²) >= 11 is 1.52. The molecule has 0 atom stereocenters. The number of carboxylic acids is 1. The number of hydrogen-bond donors (Lipinski definition) is 2. The Morgan fingerprint density at radius 3 is 2.68 bits per heavy atom. The molecule has 116 valence electrons. The molecule has 2 rings (SSSR count). The third kappa shape index (κ3) is 4.33. The highest BCUT2D eigenvalue weighted by molar-refractivity contribution is 7.08. The Balaban J connectivity index is 2.20. The van der Waals surface area contributed by atoms with Crippen molar-refractivity contribution in [1.29, 1.82) is 0 Å². The van der Waals surface area contributed by atoms with Crippen LogP contribution in [0.5, 0.6) is 5.75 Å². The first-order chi connectivity index (χ1) is 10.5. The highest BCUT2D eigenvalue weighted by Gasteiger charge is 2.13. The summed E-state index contributed by atoms with van der Waals surface area (Å²) in [7, 11) is 0. The van der Waals surface area contributed by atoms with Crippen LogP contribution in [0.15, 0.2) is 35.0 Å². The maximum atomic E-state index is 12.1. The number of aromatic carboxylic acids is 1. The van der Waals surface area contributed by atoms with Gasteiger partial charge in [-0.2, -0.15) is 11.3 Å². The number of amides is 1. The van der Waals surface area contributed by atoms with E-state index in [0.717, 1.165) is 5.56 Å². The highest BCUT2D eigenvalue weighted by atomic mass is 32.1. The van der Waals surface area contributed by atoms with Crippen LogP contribution in [-0.4, -0.2) is 23.1 Å². The van der Waals surface area contributed by atoms with Gasteiger partial charge in [0.25, 0.3) is 0 Å². The molecule has 1 aromatic carbocycles. The second-order valence-electron chi connectivity index (χ2n) is 5.04. The molecule has 22 heavy (non-hydrogen) atoms. The van der Waals surface area contributed by atoms with E-state index in [1.807, 2.05) is 30.7 Å². The number of carbonyl (C=O) groups is 2. The molecule has 0 aliphatic carbocycles. The molecule has 0 saturated carbocycles. The lowest BCUT2D eigenvalue weighted by Crippen LogP contribution is -2.16. The predicted molar refractivity (Wildman–Crippen MR) is 85.8 cm³/mol. The van der Waals surface area contributed by atoms with Crippen molar-refractivity contribution in [3.05, 3.63) is 46.2 Å². The first-order valence-electron chi connectivity index (χ1n) is 6.80. The van der Waals surface area contributed by atoms with Crippen LogP contribution in [0.2, 0.25) is 0 Å². The van der Waals surface area contributed by atoms with Crippen molar-refractivity contribution in [2.45, 2.75) is 26.4 Å². The number of thiophene rings is 1. The van der Waals surface area contributed by atoms with Gasteiger partial charge >= 0.3 is 5.97 Å². The van der Waals surface area contributed by atoms with E-state index < -0.39 is 5.97 Å². The van der Waals surface area contributed by atoms with Crippen LogP contribution in [0.25, 0.3) is 0 Å². The first kappa shape index (κ1) is 16.0. The SMILES string of the molecule is CC(C)Oc1ccc(C(=O)O)cc1NC(=O)Cc1ccsc1. The molecule has 0 bridgehead atoms. The van der Waals surface area contributed by atoms with Gasteiger partial charge in [-0.3, -0.25) is 4.79 Å². The van der Waals surface area contributed by atoms with Crippen LogP contribution < -0.4 is 10.1 Å². The second-order valence-corrected chi connectivity index (χ2v) is 5.82. The van der Waals surface area contributed by atoms with Gasteiger partial charge in [-0.15, -0.1) is 0 Å². The van der Waals surface area contributed by atoms with Crippen molar-refractivity contribution < 1.29 is 19.4 Å². The van der Waals surface area contributed by atoms with Gasteiger partial charge in [0, 0.05) is 0 Å². The Hall–Kier alpha value is -2.34. The van der Waals surface area contributed by atoms with E-state index in [9.17, 15) is 9.59 Å². The van der Waals surface area contributed by atoms with E-state index >= 15 is 0 Å². The van der Waals surface area contributed by atoms with E-state index in [4.69, 9.17) is 9.84 Å². The summed E-state index contributed by atoms with van der Waals surface area (Å²) in [6.07, 6.45) is 0.158. The predicted octanol–water partition coefficient (Wildman–Crippen LogP) is 3.41. The largest absolute Gasteiger partial charge is 0.489 e. The number of carbonyl (C=O) groups excluding carboxylic acids is 1. The summed E-state index contributed by atoms with van der Waals surface area (Å²) in [5.41, 5.74) is 1.39. The minimum atomic E-state index is -1.05. The number of benzene rings is 1. The molecule has 0 aliphatic heterocycles. The third-order valence-corrected chi connectivity index (χ3v) is 3.54. The Kier molecular flexibility index (Phi) is 5.16. The summed E-state index contributed by atoms with van der Waals surface area (Å²) < 4.78 is 5.61. The fourth-order valence-corrected chi connectivity index (χ4v) is 2.56. The number of carboxylic acid groups (broad SMARTS) is 1. The molecule has 0 saturated heterocycles. The molecule has 1 heterocycles. The minimum absolute atomic E-state index is 0.0804. The normalized spacial score (nSPS) is 10.5. The zero-order valence-electron chi connectivity index (χ0n) is 12.3. The Labute approximate surface area is 132 Å². The molecule has 0 fully saturated rings.